The zero-order chi connectivity index (χ0) is 26.8. The Balaban J connectivity index is 1.39. The highest BCUT2D eigenvalue weighted by atomic mass is 14.8. The van der Waals surface area contributed by atoms with Gasteiger partial charge in [0.2, 0.25) is 0 Å². The van der Waals surface area contributed by atoms with E-state index in [1.807, 2.05) is 24.8 Å². The summed E-state index contributed by atoms with van der Waals surface area (Å²) in [7, 11) is 0. The number of rotatable bonds is 3. The molecular formula is C35H25N5. The summed E-state index contributed by atoms with van der Waals surface area (Å²) >= 11 is 0. The van der Waals surface area contributed by atoms with Crippen LogP contribution in [0.15, 0.2) is 110 Å². The second kappa shape index (κ2) is 8.48. The number of hydrogen-bond donors (Lipinski definition) is 0. The van der Waals surface area contributed by atoms with Crippen LogP contribution in [0.2, 0.25) is 0 Å². The molecule has 40 heavy (non-hydrogen) atoms. The lowest BCUT2D eigenvalue weighted by atomic mass is 9.80. The molecule has 0 N–H and O–H groups in total. The van der Waals surface area contributed by atoms with Crippen molar-refractivity contribution in [3.63, 3.8) is 0 Å². The van der Waals surface area contributed by atoms with Gasteiger partial charge in [0.05, 0.1) is 11.4 Å². The standard InChI is InChI=1S/C35H25N5/c1-35(2)30-10-6-5-8-25(30)28-13-27-24-7-3-4-9-26(24)34(29(27)14-31(28)35)21-11-32(22-15-36-19-37-16-22)40-33(12-21)23-17-38-20-39-18-23/h3-20,34H,1-2H3. The van der Waals surface area contributed by atoms with Crippen LogP contribution in [-0.2, 0) is 5.41 Å². The molecule has 3 aromatic heterocycles. The molecule has 0 radical (unpaired) electrons. The Kier molecular flexibility index (Phi) is 4.86. The van der Waals surface area contributed by atoms with Crippen LogP contribution in [0.3, 0.4) is 0 Å². The van der Waals surface area contributed by atoms with Gasteiger partial charge in [0, 0.05) is 47.2 Å². The summed E-state index contributed by atoms with van der Waals surface area (Å²) in [6.45, 7) is 4.68. The number of benzene rings is 3. The van der Waals surface area contributed by atoms with Crippen molar-refractivity contribution in [3.05, 3.63) is 138 Å². The van der Waals surface area contributed by atoms with Gasteiger partial charge in [-0.1, -0.05) is 68.4 Å². The highest BCUT2D eigenvalue weighted by Crippen LogP contribution is 2.55. The SMILES string of the molecule is CC1(C)c2ccccc2-c2cc3c(cc21)C(c1cc(-c2cncnc2)nc(-c2cncnc2)c1)c1ccccc1-3. The van der Waals surface area contributed by atoms with E-state index in [4.69, 9.17) is 4.98 Å². The zero-order valence-electron chi connectivity index (χ0n) is 22.2. The maximum atomic E-state index is 5.01. The molecule has 0 saturated carbocycles. The maximum Gasteiger partial charge on any atom is 0.115 e. The monoisotopic (exact) mass is 515 g/mol. The average Bonchev–Trinajstić information content (AvgIpc) is 3.45. The molecule has 3 heterocycles. The van der Waals surface area contributed by atoms with Crippen molar-refractivity contribution < 1.29 is 0 Å². The Bertz CT molecular complexity index is 1870. The quantitative estimate of drug-likeness (QED) is 0.244. The Morgan fingerprint density at radius 1 is 0.550 bits per heavy atom. The van der Waals surface area contributed by atoms with Crippen LogP contribution in [0.1, 0.15) is 47.6 Å². The van der Waals surface area contributed by atoms with Crippen LogP contribution in [0.25, 0.3) is 44.8 Å². The fourth-order valence-electron chi connectivity index (χ4n) is 6.63. The van der Waals surface area contributed by atoms with E-state index >= 15 is 0 Å². The van der Waals surface area contributed by atoms with E-state index in [0.717, 1.165) is 22.5 Å². The van der Waals surface area contributed by atoms with Gasteiger partial charge in [-0.3, -0.25) is 0 Å². The minimum atomic E-state index is -0.0718. The van der Waals surface area contributed by atoms with E-state index in [2.05, 4.69) is 107 Å². The second-order valence-electron chi connectivity index (χ2n) is 11.1. The van der Waals surface area contributed by atoms with Gasteiger partial charge in [-0.05, 0) is 68.3 Å². The number of pyridine rings is 1. The Morgan fingerprint density at radius 2 is 1.15 bits per heavy atom. The number of fused-ring (bicyclic) bond motifs is 6. The van der Waals surface area contributed by atoms with Crippen molar-refractivity contribution in [2.45, 2.75) is 25.2 Å². The van der Waals surface area contributed by atoms with E-state index in [0.29, 0.717) is 0 Å². The maximum absolute atomic E-state index is 5.01. The van der Waals surface area contributed by atoms with Gasteiger partial charge in [0.1, 0.15) is 12.7 Å². The predicted molar refractivity (Wildman–Crippen MR) is 157 cm³/mol. The average molecular weight is 516 g/mol. The molecule has 2 aliphatic rings. The molecule has 1 atom stereocenters. The van der Waals surface area contributed by atoms with Gasteiger partial charge in [-0.2, -0.15) is 0 Å². The summed E-state index contributed by atoms with van der Waals surface area (Å²) in [5.74, 6) is 0.0609. The summed E-state index contributed by atoms with van der Waals surface area (Å²) in [4.78, 5) is 22.1. The topological polar surface area (TPSA) is 64.5 Å². The van der Waals surface area contributed by atoms with Crippen LogP contribution in [0.5, 0.6) is 0 Å². The molecule has 1 unspecified atom stereocenters. The van der Waals surface area contributed by atoms with Gasteiger partial charge < -0.3 is 0 Å². The number of aromatic nitrogens is 5. The molecular weight excluding hydrogens is 490 g/mol. The van der Waals surface area contributed by atoms with Crippen molar-refractivity contribution >= 4 is 0 Å². The van der Waals surface area contributed by atoms with E-state index in [9.17, 15) is 0 Å². The molecule has 3 aromatic carbocycles. The summed E-state index contributed by atoms with van der Waals surface area (Å²) in [6, 6.07) is 26.9. The van der Waals surface area contributed by atoms with E-state index in [1.54, 1.807) is 12.7 Å². The first kappa shape index (κ1) is 22.9. The first-order valence-electron chi connectivity index (χ1n) is 13.5. The molecule has 0 amide bonds. The third-order valence-electron chi connectivity index (χ3n) is 8.52. The number of nitrogens with zero attached hydrogens (tertiary/aromatic N) is 5. The minimum absolute atomic E-state index is 0.0609. The summed E-state index contributed by atoms with van der Waals surface area (Å²) in [6.07, 6.45) is 10.3. The molecule has 190 valence electrons. The van der Waals surface area contributed by atoms with Crippen LogP contribution in [0, 0.1) is 0 Å². The highest BCUT2D eigenvalue weighted by Gasteiger charge is 2.39. The van der Waals surface area contributed by atoms with Crippen molar-refractivity contribution in [1.82, 2.24) is 24.9 Å². The molecule has 8 rings (SSSR count). The molecule has 6 aromatic rings. The van der Waals surface area contributed by atoms with Crippen LogP contribution < -0.4 is 0 Å². The molecule has 2 aliphatic carbocycles. The summed E-state index contributed by atoms with van der Waals surface area (Å²) in [5.41, 5.74) is 15.2. The summed E-state index contributed by atoms with van der Waals surface area (Å²) in [5, 5.41) is 0. The second-order valence-corrected chi connectivity index (χ2v) is 11.1. The van der Waals surface area contributed by atoms with Gasteiger partial charge >= 0.3 is 0 Å². The predicted octanol–water partition coefficient (Wildman–Crippen LogP) is 7.46. The van der Waals surface area contributed by atoms with Crippen molar-refractivity contribution in [2.24, 2.45) is 0 Å². The third-order valence-corrected chi connectivity index (χ3v) is 8.52. The third kappa shape index (κ3) is 3.31. The van der Waals surface area contributed by atoms with Gasteiger partial charge in [-0.15, -0.1) is 0 Å². The Hall–Kier alpha value is -5.03. The van der Waals surface area contributed by atoms with Gasteiger partial charge in [0.15, 0.2) is 0 Å². The Labute approximate surface area is 232 Å². The lowest BCUT2D eigenvalue weighted by Crippen LogP contribution is -2.15. The minimum Gasteiger partial charge on any atom is -0.248 e. The molecule has 5 nitrogen and oxygen atoms in total. The van der Waals surface area contributed by atoms with Crippen molar-refractivity contribution in [2.75, 3.05) is 0 Å². The smallest absolute Gasteiger partial charge is 0.115 e. The van der Waals surface area contributed by atoms with E-state index in [-0.39, 0.29) is 11.3 Å². The van der Waals surface area contributed by atoms with E-state index in [1.165, 1.54) is 50.1 Å². The number of hydrogen-bond acceptors (Lipinski definition) is 5. The first-order chi connectivity index (χ1) is 19.6. The molecule has 0 fully saturated rings. The van der Waals surface area contributed by atoms with Crippen LogP contribution in [0.4, 0.5) is 0 Å². The fourth-order valence-corrected chi connectivity index (χ4v) is 6.63. The highest BCUT2D eigenvalue weighted by molar-refractivity contribution is 5.90. The molecule has 0 aliphatic heterocycles. The zero-order valence-corrected chi connectivity index (χ0v) is 22.2. The molecule has 0 saturated heterocycles. The Morgan fingerprint density at radius 3 is 1.82 bits per heavy atom. The van der Waals surface area contributed by atoms with Crippen molar-refractivity contribution in [3.8, 4) is 44.8 Å². The molecule has 0 spiro atoms. The van der Waals surface area contributed by atoms with Crippen LogP contribution in [-0.4, -0.2) is 24.9 Å². The van der Waals surface area contributed by atoms with E-state index < -0.39 is 0 Å². The molecule has 0 bridgehead atoms. The normalized spacial score (nSPS) is 15.7. The first-order valence-corrected chi connectivity index (χ1v) is 13.5. The van der Waals surface area contributed by atoms with Crippen molar-refractivity contribution in [1.29, 1.82) is 0 Å². The fraction of sp³-hybridized carbons (Fsp3) is 0.114. The van der Waals surface area contributed by atoms with Gasteiger partial charge in [-0.25, -0.2) is 24.9 Å². The van der Waals surface area contributed by atoms with Gasteiger partial charge in [0.25, 0.3) is 0 Å². The lowest BCUT2D eigenvalue weighted by Gasteiger charge is -2.23. The largest absolute Gasteiger partial charge is 0.248 e. The lowest BCUT2D eigenvalue weighted by molar-refractivity contribution is 0.659. The summed E-state index contributed by atoms with van der Waals surface area (Å²) < 4.78 is 0. The van der Waals surface area contributed by atoms with Crippen LogP contribution >= 0.6 is 0 Å². The molecule has 5 heteroatoms.